The van der Waals surface area contributed by atoms with Gasteiger partial charge in [-0.05, 0) is 32.4 Å². The van der Waals surface area contributed by atoms with E-state index >= 15 is 0 Å². The molecule has 2 aromatic rings. The van der Waals surface area contributed by atoms with Gasteiger partial charge in [0.15, 0.2) is 11.0 Å². The molecule has 4 heteroatoms. The van der Waals surface area contributed by atoms with E-state index in [-0.39, 0.29) is 0 Å². The molecular formula is C16H20ClN3. The first-order chi connectivity index (χ1) is 9.63. The van der Waals surface area contributed by atoms with Crippen LogP contribution < -0.4 is 4.90 Å². The topological polar surface area (TPSA) is 29.0 Å². The highest BCUT2D eigenvalue weighted by Gasteiger charge is 2.16. The monoisotopic (exact) mass is 289 g/mol. The second-order valence-corrected chi connectivity index (χ2v) is 5.21. The molecule has 0 aliphatic heterocycles. The summed E-state index contributed by atoms with van der Waals surface area (Å²) >= 11 is 6.31. The summed E-state index contributed by atoms with van der Waals surface area (Å²) in [7, 11) is 0. The van der Waals surface area contributed by atoms with Crippen LogP contribution in [0.25, 0.3) is 0 Å². The summed E-state index contributed by atoms with van der Waals surface area (Å²) in [6.07, 6.45) is 2.21. The Morgan fingerprint density at radius 1 is 1.05 bits per heavy atom. The Kier molecular flexibility index (Phi) is 4.96. The SMILES string of the molecule is CCCCN(c1ccccc1)c1nc(C)c(C)nc1Cl. The molecule has 0 saturated heterocycles. The molecule has 0 bridgehead atoms. The molecule has 0 aliphatic rings. The Labute approximate surface area is 125 Å². The first kappa shape index (κ1) is 14.8. The van der Waals surface area contributed by atoms with Crippen molar-refractivity contribution in [3.8, 4) is 0 Å². The molecule has 3 nitrogen and oxygen atoms in total. The Hall–Kier alpha value is -1.61. The molecule has 1 aromatic carbocycles. The van der Waals surface area contributed by atoms with Crippen molar-refractivity contribution in [3.05, 3.63) is 46.9 Å². The van der Waals surface area contributed by atoms with Crippen LogP contribution in [0.3, 0.4) is 0 Å². The minimum absolute atomic E-state index is 0.466. The molecule has 0 amide bonds. The number of nitrogens with zero attached hydrogens (tertiary/aromatic N) is 3. The summed E-state index contributed by atoms with van der Waals surface area (Å²) < 4.78 is 0. The van der Waals surface area contributed by atoms with Gasteiger partial charge in [0.2, 0.25) is 0 Å². The molecule has 0 saturated carbocycles. The Balaban J connectivity index is 2.44. The molecule has 0 fully saturated rings. The average Bonchev–Trinajstić information content (AvgIpc) is 2.45. The molecular weight excluding hydrogens is 270 g/mol. The zero-order valence-corrected chi connectivity index (χ0v) is 13.0. The summed E-state index contributed by atoms with van der Waals surface area (Å²) in [5, 5.41) is 0.466. The van der Waals surface area contributed by atoms with E-state index in [1.807, 2.05) is 32.0 Å². The van der Waals surface area contributed by atoms with Crippen molar-refractivity contribution in [3.63, 3.8) is 0 Å². The van der Waals surface area contributed by atoms with Crippen molar-refractivity contribution in [1.29, 1.82) is 0 Å². The van der Waals surface area contributed by atoms with Gasteiger partial charge in [-0.3, -0.25) is 0 Å². The third kappa shape index (κ3) is 3.28. The standard InChI is InChI=1S/C16H20ClN3/c1-4-5-11-20(14-9-7-6-8-10-14)16-15(17)18-12(2)13(3)19-16/h6-10H,4-5,11H2,1-3H3. The van der Waals surface area contributed by atoms with Crippen LogP contribution in [-0.4, -0.2) is 16.5 Å². The molecule has 0 atom stereocenters. The van der Waals surface area contributed by atoms with Crippen LogP contribution in [0.1, 0.15) is 31.2 Å². The van der Waals surface area contributed by atoms with Crippen molar-refractivity contribution in [1.82, 2.24) is 9.97 Å². The number of benzene rings is 1. The van der Waals surface area contributed by atoms with Gasteiger partial charge in [-0.2, -0.15) is 0 Å². The van der Waals surface area contributed by atoms with E-state index in [2.05, 4.69) is 33.9 Å². The van der Waals surface area contributed by atoms with Gasteiger partial charge in [0.1, 0.15) is 0 Å². The van der Waals surface area contributed by atoms with Crippen molar-refractivity contribution < 1.29 is 0 Å². The molecule has 0 spiro atoms. The van der Waals surface area contributed by atoms with Crippen LogP contribution in [0.5, 0.6) is 0 Å². The van der Waals surface area contributed by atoms with Crippen LogP contribution >= 0.6 is 11.6 Å². The Bertz CT molecular complexity index is 569. The predicted molar refractivity (Wildman–Crippen MR) is 84.9 cm³/mol. The van der Waals surface area contributed by atoms with Gasteiger partial charge >= 0.3 is 0 Å². The minimum Gasteiger partial charge on any atom is -0.324 e. The summed E-state index contributed by atoms with van der Waals surface area (Å²) in [4.78, 5) is 11.2. The molecule has 1 heterocycles. The summed E-state index contributed by atoms with van der Waals surface area (Å²) in [5.41, 5.74) is 2.89. The highest BCUT2D eigenvalue weighted by atomic mass is 35.5. The van der Waals surface area contributed by atoms with Crippen LogP contribution in [0.15, 0.2) is 30.3 Å². The van der Waals surface area contributed by atoms with Gasteiger partial charge in [0.25, 0.3) is 0 Å². The summed E-state index contributed by atoms with van der Waals surface area (Å²) in [6, 6.07) is 10.2. The summed E-state index contributed by atoms with van der Waals surface area (Å²) in [5.74, 6) is 0.745. The number of anilines is 2. The number of aromatic nitrogens is 2. The third-order valence-electron chi connectivity index (χ3n) is 3.31. The smallest absolute Gasteiger partial charge is 0.172 e. The molecule has 0 aliphatic carbocycles. The zero-order chi connectivity index (χ0) is 14.5. The molecule has 0 N–H and O–H groups in total. The van der Waals surface area contributed by atoms with E-state index in [0.717, 1.165) is 42.3 Å². The van der Waals surface area contributed by atoms with Gasteiger partial charge in [-0.25, -0.2) is 9.97 Å². The lowest BCUT2D eigenvalue weighted by Crippen LogP contribution is -2.21. The number of hydrogen-bond acceptors (Lipinski definition) is 3. The average molecular weight is 290 g/mol. The largest absolute Gasteiger partial charge is 0.324 e. The maximum Gasteiger partial charge on any atom is 0.172 e. The van der Waals surface area contributed by atoms with Crippen molar-refractivity contribution >= 4 is 23.1 Å². The lowest BCUT2D eigenvalue weighted by atomic mass is 10.2. The van der Waals surface area contributed by atoms with E-state index in [9.17, 15) is 0 Å². The first-order valence-electron chi connectivity index (χ1n) is 6.96. The Morgan fingerprint density at radius 2 is 1.70 bits per heavy atom. The van der Waals surface area contributed by atoms with Gasteiger partial charge < -0.3 is 4.90 Å². The van der Waals surface area contributed by atoms with E-state index < -0.39 is 0 Å². The number of unbranched alkanes of at least 4 members (excludes halogenated alkanes) is 1. The molecule has 1 aromatic heterocycles. The number of para-hydroxylation sites is 1. The first-order valence-corrected chi connectivity index (χ1v) is 7.34. The highest BCUT2D eigenvalue weighted by molar-refractivity contribution is 6.31. The number of hydrogen-bond donors (Lipinski definition) is 0. The van der Waals surface area contributed by atoms with Gasteiger partial charge in [-0.15, -0.1) is 0 Å². The van der Waals surface area contributed by atoms with E-state index in [0.29, 0.717) is 5.15 Å². The van der Waals surface area contributed by atoms with Crippen LogP contribution in [0.2, 0.25) is 5.15 Å². The number of aryl methyl sites for hydroxylation is 2. The maximum atomic E-state index is 6.31. The zero-order valence-electron chi connectivity index (χ0n) is 12.2. The van der Waals surface area contributed by atoms with E-state index in [1.165, 1.54) is 0 Å². The minimum atomic E-state index is 0.466. The van der Waals surface area contributed by atoms with Gasteiger partial charge in [0.05, 0.1) is 11.4 Å². The fourth-order valence-corrected chi connectivity index (χ4v) is 2.29. The number of halogens is 1. The molecule has 106 valence electrons. The van der Waals surface area contributed by atoms with Crippen molar-refractivity contribution in [2.75, 3.05) is 11.4 Å². The number of rotatable bonds is 5. The fourth-order valence-electron chi connectivity index (χ4n) is 2.02. The summed E-state index contributed by atoms with van der Waals surface area (Å²) in [6.45, 7) is 6.95. The van der Waals surface area contributed by atoms with E-state index in [1.54, 1.807) is 0 Å². The fraction of sp³-hybridized carbons (Fsp3) is 0.375. The van der Waals surface area contributed by atoms with Gasteiger partial charge in [0, 0.05) is 12.2 Å². The predicted octanol–water partition coefficient (Wildman–Crippen LogP) is 4.69. The lowest BCUT2D eigenvalue weighted by Gasteiger charge is -2.24. The van der Waals surface area contributed by atoms with Crippen LogP contribution in [0, 0.1) is 13.8 Å². The lowest BCUT2D eigenvalue weighted by molar-refractivity contribution is 0.775. The molecule has 2 rings (SSSR count). The second-order valence-electron chi connectivity index (χ2n) is 4.85. The van der Waals surface area contributed by atoms with Crippen LogP contribution in [-0.2, 0) is 0 Å². The maximum absolute atomic E-state index is 6.31. The second kappa shape index (κ2) is 6.71. The normalized spacial score (nSPS) is 10.6. The van der Waals surface area contributed by atoms with Crippen molar-refractivity contribution in [2.45, 2.75) is 33.6 Å². The molecule has 0 unspecified atom stereocenters. The van der Waals surface area contributed by atoms with Gasteiger partial charge in [-0.1, -0.05) is 43.1 Å². The quantitative estimate of drug-likeness (QED) is 0.800. The highest BCUT2D eigenvalue weighted by Crippen LogP contribution is 2.29. The van der Waals surface area contributed by atoms with Crippen LogP contribution in [0.4, 0.5) is 11.5 Å². The molecule has 0 radical (unpaired) electrons. The Morgan fingerprint density at radius 3 is 2.35 bits per heavy atom. The van der Waals surface area contributed by atoms with E-state index in [4.69, 9.17) is 11.6 Å². The molecule has 20 heavy (non-hydrogen) atoms. The van der Waals surface area contributed by atoms with Crippen molar-refractivity contribution in [2.24, 2.45) is 0 Å². The third-order valence-corrected chi connectivity index (χ3v) is 3.56.